The summed E-state index contributed by atoms with van der Waals surface area (Å²) in [4.78, 5) is 12.1. The molecule has 0 spiro atoms. The molecule has 2 rings (SSSR count). The highest BCUT2D eigenvalue weighted by Crippen LogP contribution is 2.26. The molecule has 1 fully saturated rings. The van der Waals surface area contributed by atoms with Crippen LogP contribution in [0.2, 0.25) is 0 Å². The molecule has 1 heterocycles. The lowest BCUT2D eigenvalue weighted by atomic mass is 9.93. The molecular weight excluding hydrogens is 256 g/mol. The Morgan fingerprint density at radius 3 is 2.74 bits per heavy atom. The first-order chi connectivity index (χ1) is 9.15. The molecule has 0 bridgehead atoms. The number of carbonyl (C=O) groups excluding carboxylic acids is 1. The van der Waals surface area contributed by atoms with Gasteiger partial charge in [-0.05, 0) is 42.4 Å². The molecule has 100 valence electrons. The molecule has 19 heavy (non-hydrogen) atoms. The SMILES string of the molecule is Cc1ccccc1CC(=O)NC1(C#N)CCSCC1. The Morgan fingerprint density at radius 2 is 2.11 bits per heavy atom. The van der Waals surface area contributed by atoms with Gasteiger partial charge in [0.25, 0.3) is 0 Å². The van der Waals surface area contributed by atoms with E-state index in [-0.39, 0.29) is 5.91 Å². The highest BCUT2D eigenvalue weighted by molar-refractivity contribution is 7.99. The van der Waals surface area contributed by atoms with Crippen LogP contribution in [0.25, 0.3) is 0 Å². The number of aryl methyl sites for hydroxylation is 1. The van der Waals surface area contributed by atoms with Gasteiger partial charge in [-0.3, -0.25) is 4.79 Å². The Bertz CT molecular complexity index is 501. The molecule has 1 saturated heterocycles. The molecule has 0 atom stereocenters. The van der Waals surface area contributed by atoms with Crippen molar-refractivity contribution in [3.8, 4) is 6.07 Å². The molecule has 0 aliphatic carbocycles. The number of thioether (sulfide) groups is 1. The summed E-state index contributed by atoms with van der Waals surface area (Å²) < 4.78 is 0. The molecule has 1 aromatic carbocycles. The van der Waals surface area contributed by atoms with Crippen molar-refractivity contribution < 1.29 is 4.79 Å². The first-order valence-corrected chi connectivity index (χ1v) is 7.65. The van der Waals surface area contributed by atoms with E-state index in [0.29, 0.717) is 6.42 Å². The first-order valence-electron chi connectivity index (χ1n) is 6.50. The summed E-state index contributed by atoms with van der Waals surface area (Å²) in [6, 6.07) is 10.2. The standard InChI is InChI=1S/C15H18N2OS/c1-12-4-2-3-5-13(12)10-14(18)17-15(11-16)6-8-19-9-7-15/h2-5H,6-10H2,1H3,(H,17,18). The largest absolute Gasteiger partial charge is 0.337 e. The number of benzene rings is 1. The van der Waals surface area contributed by atoms with Crippen LogP contribution in [0.5, 0.6) is 0 Å². The second-order valence-corrected chi connectivity index (χ2v) is 6.18. The van der Waals surface area contributed by atoms with Crippen molar-refractivity contribution in [1.82, 2.24) is 5.32 Å². The van der Waals surface area contributed by atoms with Gasteiger partial charge in [0, 0.05) is 0 Å². The monoisotopic (exact) mass is 274 g/mol. The molecule has 0 saturated carbocycles. The third-order valence-electron chi connectivity index (χ3n) is 3.55. The van der Waals surface area contributed by atoms with Crippen molar-refractivity contribution in [2.75, 3.05) is 11.5 Å². The fourth-order valence-electron chi connectivity index (χ4n) is 2.28. The molecule has 3 nitrogen and oxygen atoms in total. The summed E-state index contributed by atoms with van der Waals surface area (Å²) in [5, 5.41) is 12.3. The molecule has 1 aliphatic rings. The number of hydrogen-bond donors (Lipinski definition) is 1. The Morgan fingerprint density at radius 1 is 1.42 bits per heavy atom. The number of nitrogens with zero attached hydrogens (tertiary/aromatic N) is 1. The molecule has 1 aromatic rings. The van der Waals surface area contributed by atoms with Gasteiger partial charge in [0.05, 0.1) is 12.5 Å². The van der Waals surface area contributed by atoms with Crippen molar-refractivity contribution in [2.45, 2.75) is 31.7 Å². The fraction of sp³-hybridized carbons (Fsp3) is 0.467. The summed E-state index contributed by atoms with van der Waals surface area (Å²) in [6.07, 6.45) is 1.84. The zero-order chi connectivity index (χ0) is 13.7. The number of amides is 1. The molecular formula is C15H18N2OS. The predicted molar refractivity (Wildman–Crippen MR) is 77.9 cm³/mol. The summed E-state index contributed by atoms with van der Waals surface area (Å²) in [6.45, 7) is 2.00. The van der Waals surface area contributed by atoms with Crippen LogP contribution >= 0.6 is 11.8 Å². The number of rotatable bonds is 3. The first kappa shape index (κ1) is 14.0. The van der Waals surface area contributed by atoms with Gasteiger partial charge >= 0.3 is 0 Å². The highest BCUT2D eigenvalue weighted by atomic mass is 32.2. The number of carbonyl (C=O) groups is 1. The quantitative estimate of drug-likeness (QED) is 0.921. The van der Waals surface area contributed by atoms with Gasteiger partial charge in [0.15, 0.2) is 0 Å². The van der Waals surface area contributed by atoms with Gasteiger partial charge in [0.1, 0.15) is 5.54 Å². The number of nitrogens with one attached hydrogen (secondary N) is 1. The maximum absolute atomic E-state index is 12.1. The van der Waals surface area contributed by atoms with E-state index in [4.69, 9.17) is 0 Å². The second kappa shape index (κ2) is 6.12. The Kier molecular flexibility index (Phi) is 4.49. The smallest absolute Gasteiger partial charge is 0.225 e. The van der Waals surface area contributed by atoms with Crippen LogP contribution in [0, 0.1) is 18.3 Å². The van der Waals surface area contributed by atoms with E-state index >= 15 is 0 Å². The molecule has 0 radical (unpaired) electrons. The average Bonchev–Trinajstić information content (AvgIpc) is 2.42. The third-order valence-corrected chi connectivity index (χ3v) is 4.54. The van der Waals surface area contributed by atoms with E-state index in [2.05, 4.69) is 11.4 Å². The summed E-state index contributed by atoms with van der Waals surface area (Å²) >= 11 is 1.84. The van der Waals surface area contributed by atoms with E-state index in [9.17, 15) is 10.1 Å². The van der Waals surface area contributed by atoms with Crippen LogP contribution in [-0.2, 0) is 11.2 Å². The van der Waals surface area contributed by atoms with Gasteiger partial charge in [-0.15, -0.1) is 0 Å². The third kappa shape index (κ3) is 3.51. The maximum atomic E-state index is 12.1. The minimum absolute atomic E-state index is 0.0530. The van der Waals surface area contributed by atoms with Gasteiger partial charge in [0.2, 0.25) is 5.91 Å². The zero-order valence-electron chi connectivity index (χ0n) is 11.1. The summed E-state index contributed by atoms with van der Waals surface area (Å²) in [5.41, 5.74) is 1.49. The zero-order valence-corrected chi connectivity index (χ0v) is 11.9. The lowest BCUT2D eigenvalue weighted by Crippen LogP contribution is -2.50. The van der Waals surface area contributed by atoms with Crippen molar-refractivity contribution in [3.63, 3.8) is 0 Å². The van der Waals surface area contributed by atoms with Crippen LogP contribution in [0.15, 0.2) is 24.3 Å². The molecule has 0 aromatic heterocycles. The minimum atomic E-state index is -0.648. The van der Waals surface area contributed by atoms with Gasteiger partial charge in [-0.25, -0.2) is 0 Å². The molecule has 4 heteroatoms. The van der Waals surface area contributed by atoms with Crippen LogP contribution < -0.4 is 5.32 Å². The Hall–Kier alpha value is -1.47. The average molecular weight is 274 g/mol. The van der Waals surface area contributed by atoms with E-state index in [1.54, 1.807) is 0 Å². The predicted octanol–water partition coefficient (Wildman–Crippen LogP) is 2.44. The Balaban J connectivity index is 2.01. The number of hydrogen-bond acceptors (Lipinski definition) is 3. The van der Waals surface area contributed by atoms with Gasteiger partial charge < -0.3 is 5.32 Å². The van der Waals surface area contributed by atoms with E-state index < -0.39 is 5.54 Å². The second-order valence-electron chi connectivity index (χ2n) is 4.96. The van der Waals surface area contributed by atoms with Crippen molar-refractivity contribution in [2.24, 2.45) is 0 Å². The van der Waals surface area contributed by atoms with Crippen molar-refractivity contribution >= 4 is 17.7 Å². The maximum Gasteiger partial charge on any atom is 0.225 e. The molecule has 1 amide bonds. The lowest BCUT2D eigenvalue weighted by molar-refractivity contribution is -0.121. The fourth-order valence-corrected chi connectivity index (χ4v) is 3.47. The normalized spacial score (nSPS) is 17.5. The van der Waals surface area contributed by atoms with Crippen molar-refractivity contribution in [3.05, 3.63) is 35.4 Å². The van der Waals surface area contributed by atoms with Gasteiger partial charge in [-0.2, -0.15) is 17.0 Å². The van der Waals surface area contributed by atoms with Crippen LogP contribution in [0.1, 0.15) is 24.0 Å². The molecule has 1 N–H and O–H groups in total. The van der Waals surface area contributed by atoms with E-state index in [1.807, 2.05) is 43.0 Å². The Labute approximate surface area is 118 Å². The van der Waals surface area contributed by atoms with Crippen LogP contribution in [0.3, 0.4) is 0 Å². The summed E-state index contributed by atoms with van der Waals surface area (Å²) in [7, 11) is 0. The highest BCUT2D eigenvalue weighted by Gasteiger charge is 2.33. The van der Waals surface area contributed by atoms with Crippen LogP contribution in [-0.4, -0.2) is 23.0 Å². The molecule has 0 unspecified atom stereocenters. The number of nitriles is 1. The van der Waals surface area contributed by atoms with Crippen LogP contribution in [0.4, 0.5) is 0 Å². The topological polar surface area (TPSA) is 52.9 Å². The van der Waals surface area contributed by atoms with Gasteiger partial charge in [-0.1, -0.05) is 24.3 Å². The lowest BCUT2D eigenvalue weighted by Gasteiger charge is -2.31. The summed E-state index contributed by atoms with van der Waals surface area (Å²) in [5.74, 6) is 1.83. The minimum Gasteiger partial charge on any atom is -0.337 e. The van der Waals surface area contributed by atoms with Crippen molar-refractivity contribution in [1.29, 1.82) is 5.26 Å². The van der Waals surface area contributed by atoms with E-state index in [0.717, 1.165) is 35.5 Å². The van der Waals surface area contributed by atoms with E-state index in [1.165, 1.54) is 0 Å². The molecule has 1 aliphatic heterocycles.